The highest BCUT2D eigenvalue weighted by atomic mass is 16.5. The minimum absolute atomic E-state index is 0.0271. The van der Waals surface area contributed by atoms with Crippen molar-refractivity contribution in [3.63, 3.8) is 0 Å². The second kappa shape index (κ2) is 6.06. The monoisotopic (exact) mass is 264 g/mol. The predicted octanol–water partition coefficient (Wildman–Crippen LogP) is 2.70. The van der Waals surface area contributed by atoms with E-state index in [1.54, 1.807) is 32.4 Å². The van der Waals surface area contributed by atoms with Gasteiger partial charge in [-0.15, -0.1) is 0 Å². The molecule has 0 saturated carbocycles. The van der Waals surface area contributed by atoms with Gasteiger partial charge in [-0.3, -0.25) is 4.79 Å². The molecule has 2 unspecified atom stereocenters. The van der Waals surface area contributed by atoms with Gasteiger partial charge in [0.25, 0.3) is 0 Å². The first-order chi connectivity index (χ1) is 9.21. The van der Waals surface area contributed by atoms with E-state index in [9.17, 15) is 4.79 Å². The van der Waals surface area contributed by atoms with E-state index in [4.69, 9.17) is 14.2 Å². The summed E-state index contributed by atoms with van der Waals surface area (Å²) in [5, 5.41) is 0. The van der Waals surface area contributed by atoms with E-state index in [1.165, 1.54) is 0 Å². The minimum Gasteiger partial charge on any atom is -0.497 e. The maximum Gasteiger partial charge on any atom is 0.172 e. The van der Waals surface area contributed by atoms with Crippen molar-refractivity contribution >= 4 is 5.78 Å². The molecular weight excluding hydrogens is 244 g/mol. The maximum atomic E-state index is 12.6. The number of hydrogen-bond acceptors (Lipinski definition) is 4. The average molecular weight is 264 g/mol. The van der Waals surface area contributed by atoms with Crippen LogP contribution in [0.3, 0.4) is 0 Å². The second-order valence-corrected chi connectivity index (χ2v) is 4.64. The summed E-state index contributed by atoms with van der Waals surface area (Å²) in [6, 6.07) is 5.29. The lowest BCUT2D eigenvalue weighted by molar-refractivity contribution is 0.0687. The molecule has 1 fully saturated rings. The van der Waals surface area contributed by atoms with Crippen LogP contribution in [0.5, 0.6) is 11.5 Å². The van der Waals surface area contributed by atoms with Gasteiger partial charge in [-0.05, 0) is 25.0 Å². The summed E-state index contributed by atoms with van der Waals surface area (Å²) in [4.78, 5) is 12.6. The third-order valence-electron chi connectivity index (χ3n) is 3.62. The van der Waals surface area contributed by atoms with Crippen LogP contribution in [0, 0.1) is 5.92 Å². The van der Waals surface area contributed by atoms with E-state index in [0.29, 0.717) is 23.7 Å². The summed E-state index contributed by atoms with van der Waals surface area (Å²) >= 11 is 0. The summed E-state index contributed by atoms with van der Waals surface area (Å²) < 4.78 is 16.0. The Balaban J connectivity index is 2.28. The molecule has 4 heteroatoms. The van der Waals surface area contributed by atoms with E-state index >= 15 is 0 Å². The SMILES string of the molecule is CCC1OCCC1C(=O)c1ccc(OC)cc1OC. The van der Waals surface area contributed by atoms with Crippen LogP contribution in [-0.2, 0) is 4.74 Å². The normalized spacial score (nSPS) is 22.3. The topological polar surface area (TPSA) is 44.8 Å². The zero-order valence-electron chi connectivity index (χ0n) is 11.6. The summed E-state index contributed by atoms with van der Waals surface area (Å²) in [7, 11) is 3.15. The Labute approximate surface area is 113 Å². The van der Waals surface area contributed by atoms with Gasteiger partial charge in [0.15, 0.2) is 5.78 Å². The van der Waals surface area contributed by atoms with Gasteiger partial charge in [-0.25, -0.2) is 0 Å². The Morgan fingerprint density at radius 2 is 2.16 bits per heavy atom. The summed E-state index contributed by atoms with van der Waals surface area (Å²) in [5.41, 5.74) is 0.609. The number of carbonyl (C=O) groups is 1. The summed E-state index contributed by atoms with van der Waals surface area (Å²) in [6.45, 7) is 2.70. The van der Waals surface area contributed by atoms with Crippen LogP contribution in [0.25, 0.3) is 0 Å². The van der Waals surface area contributed by atoms with Gasteiger partial charge in [-0.1, -0.05) is 6.92 Å². The van der Waals surface area contributed by atoms with E-state index < -0.39 is 0 Å². The van der Waals surface area contributed by atoms with Crippen molar-refractivity contribution in [2.75, 3.05) is 20.8 Å². The molecular formula is C15H20O4. The Morgan fingerprint density at radius 1 is 1.37 bits per heavy atom. The lowest BCUT2D eigenvalue weighted by atomic mass is 9.90. The zero-order valence-corrected chi connectivity index (χ0v) is 11.6. The van der Waals surface area contributed by atoms with E-state index in [1.807, 2.05) is 6.92 Å². The van der Waals surface area contributed by atoms with Crippen molar-refractivity contribution in [3.8, 4) is 11.5 Å². The number of rotatable bonds is 5. The summed E-state index contributed by atoms with van der Waals surface area (Å²) in [5.74, 6) is 1.28. The predicted molar refractivity (Wildman–Crippen MR) is 72.0 cm³/mol. The number of carbonyl (C=O) groups excluding carboxylic acids is 1. The maximum absolute atomic E-state index is 12.6. The molecule has 1 aromatic rings. The molecule has 19 heavy (non-hydrogen) atoms. The van der Waals surface area contributed by atoms with Crippen LogP contribution in [0.4, 0.5) is 0 Å². The molecule has 1 aliphatic heterocycles. The molecule has 0 aromatic heterocycles. The van der Waals surface area contributed by atoms with Crippen molar-refractivity contribution in [3.05, 3.63) is 23.8 Å². The highest BCUT2D eigenvalue weighted by Crippen LogP contribution is 2.32. The average Bonchev–Trinajstić information content (AvgIpc) is 2.94. The van der Waals surface area contributed by atoms with Gasteiger partial charge < -0.3 is 14.2 Å². The molecule has 1 aromatic carbocycles. The van der Waals surface area contributed by atoms with Crippen LogP contribution < -0.4 is 9.47 Å². The smallest absolute Gasteiger partial charge is 0.172 e. The number of methoxy groups -OCH3 is 2. The molecule has 1 saturated heterocycles. The molecule has 4 nitrogen and oxygen atoms in total. The first kappa shape index (κ1) is 13.9. The molecule has 2 rings (SSSR count). The Morgan fingerprint density at radius 3 is 2.79 bits per heavy atom. The number of ether oxygens (including phenoxy) is 3. The fourth-order valence-electron chi connectivity index (χ4n) is 2.55. The molecule has 0 spiro atoms. The van der Waals surface area contributed by atoms with E-state index in [0.717, 1.165) is 12.8 Å². The van der Waals surface area contributed by atoms with Crippen LogP contribution in [0.1, 0.15) is 30.1 Å². The van der Waals surface area contributed by atoms with Crippen LogP contribution in [0.2, 0.25) is 0 Å². The second-order valence-electron chi connectivity index (χ2n) is 4.64. The van der Waals surface area contributed by atoms with Gasteiger partial charge in [0.2, 0.25) is 0 Å². The van der Waals surface area contributed by atoms with Crippen LogP contribution >= 0.6 is 0 Å². The van der Waals surface area contributed by atoms with E-state index in [2.05, 4.69) is 0 Å². The highest BCUT2D eigenvalue weighted by Gasteiger charge is 2.34. The third kappa shape index (κ3) is 2.73. The zero-order chi connectivity index (χ0) is 13.8. The lowest BCUT2D eigenvalue weighted by Gasteiger charge is -2.17. The fraction of sp³-hybridized carbons (Fsp3) is 0.533. The molecule has 2 atom stereocenters. The minimum atomic E-state index is -0.0627. The highest BCUT2D eigenvalue weighted by molar-refractivity contribution is 6.01. The number of ketones is 1. The summed E-state index contributed by atoms with van der Waals surface area (Å²) in [6.07, 6.45) is 1.67. The van der Waals surface area contributed by atoms with Gasteiger partial charge in [0.1, 0.15) is 11.5 Å². The van der Waals surface area contributed by atoms with Crippen molar-refractivity contribution in [2.24, 2.45) is 5.92 Å². The van der Waals surface area contributed by atoms with Crippen LogP contribution in [-0.4, -0.2) is 32.7 Å². The van der Waals surface area contributed by atoms with Gasteiger partial charge in [0.05, 0.1) is 31.8 Å². The first-order valence-corrected chi connectivity index (χ1v) is 6.59. The van der Waals surface area contributed by atoms with Crippen molar-refractivity contribution in [1.82, 2.24) is 0 Å². The fourth-order valence-corrected chi connectivity index (χ4v) is 2.55. The molecule has 0 bridgehead atoms. The molecule has 0 aliphatic carbocycles. The number of benzene rings is 1. The Kier molecular flexibility index (Phi) is 4.43. The van der Waals surface area contributed by atoms with Crippen molar-refractivity contribution in [1.29, 1.82) is 0 Å². The molecule has 1 aliphatic rings. The third-order valence-corrected chi connectivity index (χ3v) is 3.62. The lowest BCUT2D eigenvalue weighted by Crippen LogP contribution is -2.24. The van der Waals surface area contributed by atoms with Crippen molar-refractivity contribution < 1.29 is 19.0 Å². The molecule has 104 valence electrons. The molecule has 0 amide bonds. The van der Waals surface area contributed by atoms with Gasteiger partial charge in [-0.2, -0.15) is 0 Å². The van der Waals surface area contributed by atoms with Crippen molar-refractivity contribution in [2.45, 2.75) is 25.9 Å². The molecule has 1 heterocycles. The van der Waals surface area contributed by atoms with E-state index in [-0.39, 0.29) is 17.8 Å². The molecule has 0 N–H and O–H groups in total. The van der Waals surface area contributed by atoms with Crippen LogP contribution in [0.15, 0.2) is 18.2 Å². The largest absolute Gasteiger partial charge is 0.497 e. The standard InChI is InChI=1S/C15H20O4/c1-4-13-12(7-8-19-13)15(16)11-6-5-10(17-2)9-14(11)18-3/h5-6,9,12-13H,4,7-8H2,1-3H3. The quantitative estimate of drug-likeness (QED) is 0.767. The number of hydrogen-bond donors (Lipinski definition) is 0. The molecule has 0 radical (unpaired) electrons. The Bertz CT molecular complexity index is 455. The van der Waals surface area contributed by atoms with Gasteiger partial charge in [0, 0.05) is 12.7 Å². The number of Topliss-reactive ketones (excluding diaryl/α,β-unsaturated/α-hetero) is 1. The van der Waals surface area contributed by atoms with Gasteiger partial charge >= 0.3 is 0 Å². The Hall–Kier alpha value is -1.55. The first-order valence-electron chi connectivity index (χ1n) is 6.59.